The average molecular weight is 265 g/mol. The fourth-order valence-corrected chi connectivity index (χ4v) is 2.55. The van der Waals surface area contributed by atoms with E-state index in [1.807, 2.05) is 6.33 Å². The number of rotatable bonds is 9. The summed E-state index contributed by atoms with van der Waals surface area (Å²) in [6, 6.07) is 0. The van der Waals surface area contributed by atoms with Gasteiger partial charge in [-0.3, -0.25) is 0 Å². The third-order valence-corrected chi connectivity index (χ3v) is 3.64. The molecule has 0 spiro atoms. The minimum Gasteiger partial charge on any atom is -0.378 e. The standard InChI is InChI=1S/C15H27N3O/c1-2-8-16-9-7-14-12-18(13-17-14)10-3-5-15-6-4-11-19-15/h12-13,15-16H,2-11H2,1H3. The highest BCUT2D eigenvalue weighted by Gasteiger charge is 2.14. The quantitative estimate of drug-likeness (QED) is 0.697. The summed E-state index contributed by atoms with van der Waals surface area (Å²) in [7, 11) is 0. The number of hydrogen-bond donors (Lipinski definition) is 1. The van der Waals surface area contributed by atoms with Gasteiger partial charge in [0.25, 0.3) is 0 Å². The third-order valence-electron chi connectivity index (χ3n) is 3.64. The molecule has 1 aromatic rings. The van der Waals surface area contributed by atoms with Crippen molar-refractivity contribution in [3.8, 4) is 0 Å². The van der Waals surface area contributed by atoms with Crippen molar-refractivity contribution in [3.63, 3.8) is 0 Å². The molecule has 0 amide bonds. The van der Waals surface area contributed by atoms with Crippen LogP contribution in [0.25, 0.3) is 0 Å². The van der Waals surface area contributed by atoms with Crippen molar-refractivity contribution in [2.45, 2.75) is 58.1 Å². The van der Waals surface area contributed by atoms with E-state index in [9.17, 15) is 0 Å². The fraction of sp³-hybridized carbons (Fsp3) is 0.800. The van der Waals surface area contributed by atoms with E-state index in [0.717, 1.165) is 32.7 Å². The lowest BCUT2D eigenvalue weighted by molar-refractivity contribution is 0.101. The summed E-state index contributed by atoms with van der Waals surface area (Å²) >= 11 is 0. The Morgan fingerprint density at radius 2 is 2.42 bits per heavy atom. The van der Waals surface area contributed by atoms with Crippen molar-refractivity contribution in [2.24, 2.45) is 0 Å². The van der Waals surface area contributed by atoms with Gasteiger partial charge < -0.3 is 14.6 Å². The fourth-order valence-electron chi connectivity index (χ4n) is 2.55. The van der Waals surface area contributed by atoms with Gasteiger partial charge in [0, 0.05) is 32.3 Å². The summed E-state index contributed by atoms with van der Waals surface area (Å²) in [6.07, 6.45) is 11.7. The molecule has 0 bridgehead atoms. The van der Waals surface area contributed by atoms with Gasteiger partial charge in [-0.1, -0.05) is 6.92 Å². The van der Waals surface area contributed by atoms with E-state index in [1.54, 1.807) is 0 Å². The SMILES string of the molecule is CCCNCCc1cn(CCCC2CCCO2)cn1. The Labute approximate surface area is 116 Å². The van der Waals surface area contributed by atoms with Crippen LogP contribution < -0.4 is 5.32 Å². The molecular formula is C15H27N3O. The molecule has 19 heavy (non-hydrogen) atoms. The molecule has 2 rings (SSSR count). The van der Waals surface area contributed by atoms with Gasteiger partial charge in [0.1, 0.15) is 0 Å². The summed E-state index contributed by atoms with van der Waals surface area (Å²) in [4.78, 5) is 4.46. The van der Waals surface area contributed by atoms with E-state index in [1.165, 1.54) is 37.8 Å². The molecule has 1 aliphatic heterocycles. The topological polar surface area (TPSA) is 39.1 Å². The highest BCUT2D eigenvalue weighted by molar-refractivity contribution is 4.97. The van der Waals surface area contributed by atoms with Crippen molar-refractivity contribution in [1.29, 1.82) is 0 Å². The third kappa shape index (κ3) is 5.33. The van der Waals surface area contributed by atoms with Crippen LogP contribution in [0.5, 0.6) is 0 Å². The number of nitrogens with zero attached hydrogens (tertiary/aromatic N) is 2. The second kappa shape index (κ2) is 8.33. The summed E-state index contributed by atoms with van der Waals surface area (Å²) in [5, 5.41) is 3.41. The molecule has 0 aliphatic carbocycles. The van der Waals surface area contributed by atoms with Gasteiger partial charge in [-0.05, 0) is 38.6 Å². The molecule has 1 aliphatic rings. The number of aryl methyl sites for hydroxylation is 1. The van der Waals surface area contributed by atoms with Gasteiger partial charge in [-0.25, -0.2) is 4.98 Å². The van der Waals surface area contributed by atoms with E-state index in [2.05, 4.69) is 28.0 Å². The van der Waals surface area contributed by atoms with E-state index in [4.69, 9.17) is 4.74 Å². The molecule has 1 saturated heterocycles. The molecule has 1 unspecified atom stereocenters. The van der Waals surface area contributed by atoms with Crippen LogP contribution in [-0.4, -0.2) is 35.4 Å². The lowest BCUT2D eigenvalue weighted by Gasteiger charge is -2.08. The summed E-state index contributed by atoms with van der Waals surface area (Å²) in [6.45, 7) is 6.35. The Balaban J connectivity index is 1.60. The number of hydrogen-bond acceptors (Lipinski definition) is 3. The predicted octanol–water partition coefficient (Wildman–Crippen LogP) is 2.38. The highest BCUT2D eigenvalue weighted by atomic mass is 16.5. The van der Waals surface area contributed by atoms with Crippen LogP contribution >= 0.6 is 0 Å². The first-order chi connectivity index (χ1) is 9.38. The maximum atomic E-state index is 5.64. The molecule has 1 N–H and O–H groups in total. The Bertz CT molecular complexity index is 345. The second-order valence-corrected chi connectivity index (χ2v) is 5.38. The minimum atomic E-state index is 0.515. The molecule has 4 heteroatoms. The largest absolute Gasteiger partial charge is 0.378 e. The summed E-state index contributed by atoms with van der Waals surface area (Å²) in [5.74, 6) is 0. The molecule has 1 atom stereocenters. The van der Waals surface area contributed by atoms with E-state index < -0.39 is 0 Å². The Morgan fingerprint density at radius 1 is 1.47 bits per heavy atom. The average Bonchev–Trinajstić information content (AvgIpc) is 3.07. The maximum absolute atomic E-state index is 5.64. The van der Waals surface area contributed by atoms with Crippen molar-refractivity contribution in [2.75, 3.05) is 19.7 Å². The number of imidazole rings is 1. The van der Waals surface area contributed by atoms with E-state index >= 15 is 0 Å². The number of nitrogens with one attached hydrogen (secondary N) is 1. The van der Waals surface area contributed by atoms with Crippen LogP contribution in [0.2, 0.25) is 0 Å². The van der Waals surface area contributed by atoms with Crippen LogP contribution in [0.4, 0.5) is 0 Å². The summed E-state index contributed by atoms with van der Waals surface area (Å²) < 4.78 is 7.85. The van der Waals surface area contributed by atoms with Crippen LogP contribution in [0.3, 0.4) is 0 Å². The van der Waals surface area contributed by atoms with Crippen LogP contribution in [0.1, 0.15) is 44.7 Å². The lowest BCUT2D eigenvalue weighted by Crippen LogP contribution is -2.17. The molecule has 0 aromatic carbocycles. The molecule has 108 valence electrons. The molecular weight excluding hydrogens is 238 g/mol. The summed E-state index contributed by atoms with van der Waals surface area (Å²) in [5.41, 5.74) is 1.20. The van der Waals surface area contributed by atoms with Gasteiger partial charge in [-0.15, -0.1) is 0 Å². The van der Waals surface area contributed by atoms with Gasteiger partial charge in [0.15, 0.2) is 0 Å². The van der Waals surface area contributed by atoms with Crippen LogP contribution in [0, 0.1) is 0 Å². The van der Waals surface area contributed by atoms with Crippen molar-refractivity contribution in [1.82, 2.24) is 14.9 Å². The number of aromatic nitrogens is 2. The molecule has 2 heterocycles. The highest BCUT2D eigenvalue weighted by Crippen LogP contribution is 2.17. The molecule has 1 aromatic heterocycles. The van der Waals surface area contributed by atoms with Crippen LogP contribution in [0.15, 0.2) is 12.5 Å². The van der Waals surface area contributed by atoms with Gasteiger partial charge in [0.2, 0.25) is 0 Å². The smallest absolute Gasteiger partial charge is 0.0949 e. The van der Waals surface area contributed by atoms with Gasteiger partial charge >= 0.3 is 0 Å². The molecule has 4 nitrogen and oxygen atoms in total. The van der Waals surface area contributed by atoms with Crippen molar-refractivity contribution < 1.29 is 4.74 Å². The monoisotopic (exact) mass is 265 g/mol. The van der Waals surface area contributed by atoms with Crippen molar-refractivity contribution >= 4 is 0 Å². The Kier molecular flexibility index (Phi) is 6.37. The molecule has 0 saturated carbocycles. The zero-order valence-electron chi connectivity index (χ0n) is 12.1. The zero-order valence-corrected chi connectivity index (χ0v) is 12.1. The Morgan fingerprint density at radius 3 is 3.21 bits per heavy atom. The van der Waals surface area contributed by atoms with Crippen LogP contribution in [-0.2, 0) is 17.7 Å². The molecule has 1 fully saturated rings. The normalized spacial score (nSPS) is 19.1. The first-order valence-electron chi connectivity index (χ1n) is 7.71. The van der Waals surface area contributed by atoms with Crippen molar-refractivity contribution in [3.05, 3.63) is 18.2 Å². The second-order valence-electron chi connectivity index (χ2n) is 5.38. The molecule has 0 radical (unpaired) electrons. The first-order valence-corrected chi connectivity index (χ1v) is 7.71. The van der Waals surface area contributed by atoms with Gasteiger partial charge in [-0.2, -0.15) is 0 Å². The number of ether oxygens (including phenoxy) is 1. The van der Waals surface area contributed by atoms with Gasteiger partial charge in [0.05, 0.1) is 18.1 Å². The van der Waals surface area contributed by atoms with E-state index in [-0.39, 0.29) is 0 Å². The zero-order chi connectivity index (χ0) is 13.3. The minimum absolute atomic E-state index is 0.515. The first kappa shape index (κ1) is 14.5. The lowest BCUT2D eigenvalue weighted by atomic mass is 10.1. The predicted molar refractivity (Wildman–Crippen MR) is 77.3 cm³/mol. The van der Waals surface area contributed by atoms with E-state index in [0.29, 0.717) is 6.10 Å². The Hall–Kier alpha value is -0.870. The maximum Gasteiger partial charge on any atom is 0.0949 e.